The first-order valence-corrected chi connectivity index (χ1v) is 6.85. The first kappa shape index (κ1) is 13.0. The minimum absolute atomic E-state index is 0.185. The predicted molar refractivity (Wildman–Crippen MR) is 65.1 cm³/mol. The molecule has 0 spiro atoms. The van der Waals surface area contributed by atoms with Crippen molar-refractivity contribution in [2.45, 2.75) is 6.04 Å². The molecule has 6 nitrogen and oxygen atoms in total. The first-order chi connectivity index (χ1) is 8.44. The van der Waals surface area contributed by atoms with Crippen LogP contribution in [0.4, 0.5) is 0 Å². The number of nitrogens with zero attached hydrogens (tertiary/aromatic N) is 2. The molecule has 1 atom stereocenters. The van der Waals surface area contributed by atoms with Gasteiger partial charge in [0.25, 0.3) is 10.2 Å². The summed E-state index contributed by atoms with van der Waals surface area (Å²) >= 11 is 0. The van der Waals surface area contributed by atoms with Crippen molar-refractivity contribution >= 4 is 16.2 Å². The number of benzene rings is 1. The zero-order chi connectivity index (χ0) is 13.3. The fourth-order valence-electron chi connectivity index (χ4n) is 1.98. The molecule has 1 saturated heterocycles. The number of rotatable bonds is 3. The number of carbonyl (C=O) groups is 1. The van der Waals surface area contributed by atoms with Gasteiger partial charge >= 0.3 is 5.97 Å². The lowest BCUT2D eigenvalue weighted by molar-refractivity contribution is -0.141. The Balaban J connectivity index is 2.42. The van der Waals surface area contributed by atoms with Crippen LogP contribution in [0.25, 0.3) is 0 Å². The lowest BCUT2D eigenvalue weighted by atomic mass is 10.1. The van der Waals surface area contributed by atoms with Crippen LogP contribution in [-0.2, 0) is 15.0 Å². The number of hydrogen-bond donors (Lipinski definition) is 1. The summed E-state index contributed by atoms with van der Waals surface area (Å²) in [5.74, 6) is -1.17. The van der Waals surface area contributed by atoms with E-state index in [0.29, 0.717) is 12.1 Å². The summed E-state index contributed by atoms with van der Waals surface area (Å²) in [7, 11) is -2.23. The molecule has 1 aliphatic rings. The molecule has 0 amide bonds. The van der Waals surface area contributed by atoms with Gasteiger partial charge in [-0.1, -0.05) is 30.3 Å². The molecule has 7 heteroatoms. The fraction of sp³-hybridized carbons (Fsp3) is 0.364. The van der Waals surface area contributed by atoms with E-state index in [1.54, 1.807) is 30.3 Å². The topological polar surface area (TPSA) is 77.9 Å². The fourth-order valence-corrected chi connectivity index (χ4v) is 3.44. The van der Waals surface area contributed by atoms with E-state index in [0.717, 1.165) is 8.61 Å². The molecule has 0 radical (unpaired) electrons. The van der Waals surface area contributed by atoms with E-state index in [9.17, 15) is 18.3 Å². The van der Waals surface area contributed by atoms with Crippen LogP contribution in [0.15, 0.2) is 30.3 Å². The Labute approximate surface area is 106 Å². The van der Waals surface area contributed by atoms with Crippen LogP contribution < -0.4 is 0 Å². The molecular formula is C11H14N2O4S. The highest BCUT2D eigenvalue weighted by Crippen LogP contribution is 2.28. The molecule has 1 fully saturated rings. The predicted octanol–water partition coefficient (Wildman–Crippen LogP) is 0.304. The minimum atomic E-state index is -3.67. The zero-order valence-corrected chi connectivity index (χ0v) is 10.7. The van der Waals surface area contributed by atoms with Crippen molar-refractivity contribution < 1.29 is 18.3 Å². The van der Waals surface area contributed by atoms with Crippen molar-refractivity contribution in [2.75, 3.05) is 20.1 Å². The van der Waals surface area contributed by atoms with E-state index in [1.165, 1.54) is 7.05 Å². The third kappa shape index (κ3) is 2.12. The van der Waals surface area contributed by atoms with Crippen LogP contribution in [0, 0.1) is 0 Å². The summed E-state index contributed by atoms with van der Waals surface area (Å²) < 4.78 is 26.2. The van der Waals surface area contributed by atoms with Gasteiger partial charge < -0.3 is 5.11 Å². The van der Waals surface area contributed by atoms with Gasteiger partial charge in [-0.3, -0.25) is 4.79 Å². The number of likely N-dealkylation sites (N-methyl/N-ethyl adjacent to an activating group) is 1. The molecule has 0 saturated carbocycles. The SMILES string of the molecule is CN1CCN(C(C(=O)O)c2ccccc2)S1(=O)=O. The molecule has 1 unspecified atom stereocenters. The van der Waals surface area contributed by atoms with Gasteiger partial charge in [0.2, 0.25) is 0 Å². The molecule has 98 valence electrons. The van der Waals surface area contributed by atoms with E-state index in [2.05, 4.69) is 0 Å². The van der Waals surface area contributed by atoms with Crippen molar-refractivity contribution in [1.82, 2.24) is 8.61 Å². The first-order valence-electron chi connectivity index (χ1n) is 5.45. The normalized spacial score (nSPS) is 21.8. The Bertz CT molecular complexity index is 543. The van der Waals surface area contributed by atoms with Gasteiger partial charge in [0, 0.05) is 20.1 Å². The molecule has 1 heterocycles. The second kappa shape index (κ2) is 4.68. The maximum atomic E-state index is 12.0. The van der Waals surface area contributed by atoms with E-state index >= 15 is 0 Å². The molecule has 0 aliphatic carbocycles. The van der Waals surface area contributed by atoms with Crippen LogP contribution in [0.1, 0.15) is 11.6 Å². The highest BCUT2D eigenvalue weighted by molar-refractivity contribution is 7.87. The lowest BCUT2D eigenvalue weighted by Gasteiger charge is -2.23. The summed E-state index contributed by atoms with van der Waals surface area (Å²) in [6.07, 6.45) is 0. The molecule has 0 bridgehead atoms. The minimum Gasteiger partial charge on any atom is -0.480 e. The summed E-state index contributed by atoms with van der Waals surface area (Å²) in [5, 5.41) is 9.28. The van der Waals surface area contributed by atoms with Gasteiger partial charge in [-0.25, -0.2) is 0 Å². The largest absolute Gasteiger partial charge is 0.480 e. The van der Waals surface area contributed by atoms with Crippen molar-refractivity contribution in [2.24, 2.45) is 0 Å². The number of carboxylic acids is 1. The van der Waals surface area contributed by atoms with Crippen LogP contribution in [-0.4, -0.2) is 48.2 Å². The maximum Gasteiger partial charge on any atom is 0.326 e. The third-order valence-electron chi connectivity index (χ3n) is 2.96. The van der Waals surface area contributed by atoms with Crippen LogP contribution in [0.3, 0.4) is 0 Å². The van der Waals surface area contributed by atoms with Gasteiger partial charge in [0.05, 0.1) is 0 Å². The molecule has 1 aromatic rings. The standard InChI is InChI=1S/C11H14N2O4S/c1-12-7-8-13(18(12,16)17)10(11(14)15)9-5-3-2-4-6-9/h2-6,10H,7-8H2,1H3,(H,14,15). The van der Waals surface area contributed by atoms with Crippen molar-refractivity contribution in [3.05, 3.63) is 35.9 Å². The van der Waals surface area contributed by atoms with Gasteiger partial charge in [0.15, 0.2) is 0 Å². The van der Waals surface area contributed by atoms with Gasteiger partial charge in [0.1, 0.15) is 6.04 Å². The van der Waals surface area contributed by atoms with E-state index < -0.39 is 22.2 Å². The van der Waals surface area contributed by atoms with Crippen molar-refractivity contribution in [3.8, 4) is 0 Å². The second-order valence-corrected chi connectivity index (χ2v) is 6.08. The van der Waals surface area contributed by atoms with Gasteiger partial charge in [-0.2, -0.15) is 17.0 Å². The maximum absolute atomic E-state index is 12.0. The summed E-state index contributed by atoms with van der Waals surface area (Å²) in [6, 6.07) is 7.21. The summed E-state index contributed by atoms with van der Waals surface area (Å²) in [4.78, 5) is 11.4. The Kier molecular flexibility index (Phi) is 3.38. The second-order valence-electron chi connectivity index (χ2n) is 4.09. The molecule has 18 heavy (non-hydrogen) atoms. The molecule has 1 N–H and O–H groups in total. The number of hydrogen-bond acceptors (Lipinski definition) is 3. The highest BCUT2D eigenvalue weighted by Gasteiger charge is 2.42. The Morgan fingerprint density at radius 1 is 1.28 bits per heavy atom. The monoisotopic (exact) mass is 270 g/mol. The van der Waals surface area contributed by atoms with Crippen molar-refractivity contribution in [3.63, 3.8) is 0 Å². The van der Waals surface area contributed by atoms with E-state index in [1.807, 2.05) is 0 Å². The van der Waals surface area contributed by atoms with E-state index in [4.69, 9.17) is 0 Å². The van der Waals surface area contributed by atoms with Crippen LogP contribution in [0.5, 0.6) is 0 Å². The average Bonchev–Trinajstić information content (AvgIpc) is 2.57. The lowest BCUT2D eigenvalue weighted by Crippen LogP contribution is -2.37. The molecular weight excluding hydrogens is 256 g/mol. The smallest absolute Gasteiger partial charge is 0.326 e. The summed E-state index contributed by atoms with van der Waals surface area (Å²) in [6.45, 7) is 0.490. The average molecular weight is 270 g/mol. The van der Waals surface area contributed by atoms with Crippen LogP contribution in [0.2, 0.25) is 0 Å². The van der Waals surface area contributed by atoms with Crippen LogP contribution >= 0.6 is 0 Å². The van der Waals surface area contributed by atoms with Gasteiger partial charge in [-0.15, -0.1) is 0 Å². The number of carboxylic acid groups (broad SMARTS) is 1. The highest BCUT2D eigenvalue weighted by atomic mass is 32.2. The molecule has 0 aromatic heterocycles. The molecule has 1 aromatic carbocycles. The Morgan fingerprint density at radius 3 is 2.33 bits per heavy atom. The van der Waals surface area contributed by atoms with Gasteiger partial charge in [-0.05, 0) is 5.56 Å². The Morgan fingerprint density at radius 2 is 1.89 bits per heavy atom. The molecule has 1 aliphatic heterocycles. The zero-order valence-electron chi connectivity index (χ0n) is 9.85. The third-order valence-corrected chi connectivity index (χ3v) is 4.92. The van der Waals surface area contributed by atoms with E-state index in [-0.39, 0.29) is 6.54 Å². The van der Waals surface area contributed by atoms with Crippen molar-refractivity contribution in [1.29, 1.82) is 0 Å². The quantitative estimate of drug-likeness (QED) is 0.857. The number of aliphatic carboxylic acids is 1. The molecule has 2 rings (SSSR count). The Hall–Kier alpha value is -1.44. The summed E-state index contributed by atoms with van der Waals surface area (Å²) in [5.41, 5.74) is 0.462.